The predicted octanol–water partition coefficient (Wildman–Crippen LogP) is 3.52. The van der Waals surface area contributed by atoms with Crippen LogP contribution in [0.4, 0.5) is 0 Å². The van der Waals surface area contributed by atoms with Crippen molar-refractivity contribution in [2.24, 2.45) is 0 Å². The summed E-state index contributed by atoms with van der Waals surface area (Å²) in [5.74, 6) is -0.923. The van der Waals surface area contributed by atoms with Gasteiger partial charge in [0, 0.05) is 24.0 Å². The lowest BCUT2D eigenvalue weighted by molar-refractivity contribution is -0.131. The molecule has 0 aliphatic rings. The number of aliphatic carboxylic acids is 1. The number of rotatable bonds is 7. The number of benzene rings is 1. The number of hydrogen-bond acceptors (Lipinski definition) is 3. The maximum Gasteiger partial charge on any atom is 0.328 e. The Balaban J connectivity index is 1.89. The molecule has 1 aromatic carbocycles. The highest BCUT2D eigenvalue weighted by atomic mass is 32.1. The molecule has 110 valence electrons. The number of carbonyl (C=O) groups is 1. The second kappa shape index (κ2) is 7.76. The molecule has 4 heteroatoms. The van der Waals surface area contributed by atoms with E-state index < -0.39 is 5.97 Å². The quantitative estimate of drug-likeness (QED) is 0.795. The van der Waals surface area contributed by atoms with Crippen molar-refractivity contribution >= 4 is 23.4 Å². The summed E-state index contributed by atoms with van der Waals surface area (Å²) >= 11 is 1.79. The lowest BCUT2D eigenvalue weighted by Gasteiger charge is -2.16. The molecule has 21 heavy (non-hydrogen) atoms. The molecule has 0 saturated heterocycles. The largest absolute Gasteiger partial charge is 0.478 e. The molecule has 0 aliphatic heterocycles. The highest BCUT2D eigenvalue weighted by Crippen LogP contribution is 2.12. The smallest absolute Gasteiger partial charge is 0.328 e. The van der Waals surface area contributed by atoms with Crippen LogP contribution in [0.25, 0.3) is 6.08 Å². The van der Waals surface area contributed by atoms with Gasteiger partial charge in [-0.15, -0.1) is 11.3 Å². The maximum absolute atomic E-state index is 10.5. The van der Waals surface area contributed by atoms with E-state index in [4.69, 9.17) is 5.11 Å². The molecule has 2 aromatic rings. The standard InChI is InChI=1S/C17H19NO2S/c1-18(10-9-16-6-3-11-21-16)13-15-5-2-4-14(12-15)7-8-17(19)20/h2-8,11-12H,9-10,13H2,1H3,(H,19,20). The molecule has 0 unspecified atom stereocenters. The molecular weight excluding hydrogens is 282 g/mol. The Morgan fingerprint density at radius 3 is 2.90 bits per heavy atom. The van der Waals surface area contributed by atoms with Crippen molar-refractivity contribution in [3.63, 3.8) is 0 Å². The Labute approximate surface area is 129 Å². The Kier molecular flexibility index (Phi) is 5.72. The van der Waals surface area contributed by atoms with Crippen LogP contribution in [-0.2, 0) is 17.8 Å². The van der Waals surface area contributed by atoms with E-state index in [2.05, 4.69) is 35.5 Å². The summed E-state index contributed by atoms with van der Waals surface area (Å²) in [6, 6.07) is 12.2. The summed E-state index contributed by atoms with van der Waals surface area (Å²) in [6.07, 6.45) is 3.85. The van der Waals surface area contributed by atoms with Crippen molar-refractivity contribution in [2.75, 3.05) is 13.6 Å². The minimum absolute atomic E-state index is 0.861. The highest BCUT2D eigenvalue weighted by Gasteiger charge is 2.02. The van der Waals surface area contributed by atoms with E-state index in [9.17, 15) is 4.79 Å². The fraction of sp³-hybridized carbons (Fsp3) is 0.235. The van der Waals surface area contributed by atoms with Gasteiger partial charge in [0.25, 0.3) is 0 Å². The first-order valence-electron chi connectivity index (χ1n) is 6.84. The summed E-state index contributed by atoms with van der Waals surface area (Å²) < 4.78 is 0. The first-order chi connectivity index (χ1) is 10.1. The van der Waals surface area contributed by atoms with Gasteiger partial charge >= 0.3 is 5.97 Å². The van der Waals surface area contributed by atoms with Crippen LogP contribution in [0, 0.1) is 0 Å². The Bertz CT molecular complexity index is 605. The molecular formula is C17H19NO2S. The number of thiophene rings is 1. The van der Waals surface area contributed by atoms with Gasteiger partial charge in [0.1, 0.15) is 0 Å². The summed E-state index contributed by atoms with van der Waals surface area (Å²) in [5.41, 5.74) is 2.11. The number of nitrogens with zero attached hydrogens (tertiary/aromatic N) is 1. The molecule has 1 heterocycles. The first kappa shape index (κ1) is 15.5. The lowest BCUT2D eigenvalue weighted by atomic mass is 10.1. The van der Waals surface area contributed by atoms with E-state index in [0.717, 1.165) is 25.1 Å². The molecule has 0 bridgehead atoms. The molecule has 0 atom stereocenters. The van der Waals surface area contributed by atoms with Gasteiger partial charge in [-0.3, -0.25) is 0 Å². The third-order valence-electron chi connectivity index (χ3n) is 3.14. The van der Waals surface area contributed by atoms with Crippen molar-refractivity contribution in [3.8, 4) is 0 Å². The van der Waals surface area contributed by atoms with Crippen LogP contribution in [0.1, 0.15) is 16.0 Å². The second-order valence-electron chi connectivity index (χ2n) is 4.98. The van der Waals surface area contributed by atoms with Gasteiger partial charge in [0.15, 0.2) is 0 Å². The molecule has 0 aliphatic carbocycles. The molecule has 1 N–H and O–H groups in total. The number of hydrogen-bond donors (Lipinski definition) is 1. The van der Waals surface area contributed by atoms with Gasteiger partial charge in [-0.1, -0.05) is 30.3 Å². The molecule has 0 amide bonds. The summed E-state index contributed by atoms with van der Waals surface area (Å²) in [6.45, 7) is 1.87. The molecule has 0 spiro atoms. The molecule has 1 aromatic heterocycles. The van der Waals surface area contributed by atoms with Crippen LogP contribution in [0.15, 0.2) is 47.9 Å². The fourth-order valence-electron chi connectivity index (χ4n) is 2.11. The Hall–Kier alpha value is -1.91. The topological polar surface area (TPSA) is 40.5 Å². The SMILES string of the molecule is CN(CCc1cccs1)Cc1cccc(C=CC(=O)O)c1. The summed E-state index contributed by atoms with van der Waals surface area (Å²) in [7, 11) is 2.10. The minimum Gasteiger partial charge on any atom is -0.478 e. The van der Waals surface area contributed by atoms with Gasteiger partial charge in [0.05, 0.1) is 0 Å². The Morgan fingerprint density at radius 1 is 1.33 bits per heavy atom. The van der Waals surface area contributed by atoms with E-state index in [-0.39, 0.29) is 0 Å². The van der Waals surface area contributed by atoms with Crippen molar-refractivity contribution in [2.45, 2.75) is 13.0 Å². The minimum atomic E-state index is -0.923. The van der Waals surface area contributed by atoms with Crippen LogP contribution < -0.4 is 0 Å². The van der Waals surface area contributed by atoms with Crippen molar-refractivity contribution in [1.29, 1.82) is 0 Å². The van der Waals surface area contributed by atoms with E-state index in [1.54, 1.807) is 17.4 Å². The zero-order chi connectivity index (χ0) is 15.1. The van der Waals surface area contributed by atoms with Crippen LogP contribution in [0.2, 0.25) is 0 Å². The van der Waals surface area contributed by atoms with Gasteiger partial charge in [-0.2, -0.15) is 0 Å². The molecule has 0 fully saturated rings. The maximum atomic E-state index is 10.5. The van der Waals surface area contributed by atoms with Crippen molar-refractivity contribution in [1.82, 2.24) is 4.90 Å². The Morgan fingerprint density at radius 2 is 2.19 bits per heavy atom. The average Bonchev–Trinajstić information content (AvgIpc) is 2.97. The van der Waals surface area contributed by atoms with Crippen molar-refractivity contribution < 1.29 is 9.90 Å². The lowest BCUT2D eigenvalue weighted by Crippen LogP contribution is -2.20. The third kappa shape index (κ3) is 5.53. The molecule has 0 radical (unpaired) electrons. The molecule has 0 saturated carbocycles. The fourth-order valence-corrected chi connectivity index (χ4v) is 2.81. The molecule has 2 rings (SSSR count). The van der Waals surface area contributed by atoms with Gasteiger partial charge < -0.3 is 10.0 Å². The van der Waals surface area contributed by atoms with Crippen LogP contribution in [0.5, 0.6) is 0 Å². The van der Waals surface area contributed by atoms with E-state index >= 15 is 0 Å². The van der Waals surface area contributed by atoms with Crippen LogP contribution in [-0.4, -0.2) is 29.6 Å². The van der Waals surface area contributed by atoms with E-state index in [1.807, 2.05) is 18.2 Å². The highest BCUT2D eigenvalue weighted by molar-refractivity contribution is 7.09. The number of carboxylic acids is 1. The third-order valence-corrected chi connectivity index (χ3v) is 4.08. The second-order valence-corrected chi connectivity index (χ2v) is 6.02. The normalized spacial score (nSPS) is 11.3. The zero-order valence-corrected chi connectivity index (χ0v) is 12.8. The molecule has 3 nitrogen and oxygen atoms in total. The predicted molar refractivity (Wildman–Crippen MR) is 87.5 cm³/mol. The van der Waals surface area contributed by atoms with Crippen LogP contribution >= 0.6 is 11.3 Å². The van der Waals surface area contributed by atoms with Gasteiger partial charge in [-0.25, -0.2) is 4.79 Å². The van der Waals surface area contributed by atoms with Crippen molar-refractivity contribution in [3.05, 3.63) is 63.9 Å². The first-order valence-corrected chi connectivity index (χ1v) is 7.72. The average molecular weight is 301 g/mol. The monoisotopic (exact) mass is 301 g/mol. The summed E-state index contributed by atoms with van der Waals surface area (Å²) in [5, 5.41) is 10.8. The van der Waals surface area contributed by atoms with Crippen LogP contribution in [0.3, 0.4) is 0 Å². The van der Waals surface area contributed by atoms with Gasteiger partial charge in [-0.05, 0) is 42.1 Å². The van der Waals surface area contributed by atoms with Gasteiger partial charge in [0.2, 0.25) is 0 Å². The number of likely N-dealkylation sites (N-methyl/N-ethyl adjacent to an activating group) is 1. The van der Waals surface area contributed by atoms with E-state index in [1.165, 1.54) is 16.5 Å². The number of carboxylic acid groups (broad SMARTS) is 1. The summed E-state index contributed by atoms with van der Waals surface area (Å²) in [4.78, 5) is 14.2. The van der Waals surface area contributed by atoms with E-state index in [0.29, 0.717) is 0 Å². The zero-order valence-electron chi connectivity index (χ0n) is 12.0.